The lowest BCUT2D eigenvalue weighted by atomic mass is 10.2. The molecule has 1 saturated heterocycles. The number of nitrogens with zero attached hydrogens (tertiary/aromatic N) is 1. The third-order valence-electron chi connectivity index (χ3n) is 2.06. The Balaban J connectivity index is 2.02. The van der Waals surface area contributed by atoms with E-state index in [2.05, 4.69) is 17.0 Å². The monoisotopic (exact) mass is 193 g/mol. The van der Waals surface area contributed by atoms with Crippen LogP contribution >= 0.6 is 12.2 Å². The van der Waals surface area contributed by atoms with E-state index in [1.807, 2.05) is 18.2 Å². The summed E-state index contributed by atoms with van der Waals surface area (Å²) in [7, 11) is 0. The van der Waals surface area contributed by atoms with Crippen LogP contribution in [-0.4, -0.2) is 23.2 Å². The molecule has 0 saturated carbocycles. The van der Waals surface area contributed by atoms with E-state index in [0.29, 0.717) is 5.17 Å². The van der Waals surface area contributed by atoms with E-state index in [4.69, 9.17) is 17.0 Å². The molecule has 0 bridgehead atoms. The van der Waals surface area contributed by atoms with E-state index in [1.165, 1.54) is 5.56 Å². The molecule has 0 spiro atoms. The minimum atomic E-state index is 0.629. The van der Waals surface area contributed by atoms with Crippen LogP contribution < -0.4 is 0 Å². The van der Waals surface area contributed by atoms with Crippen LogP contribution in [0.2, 0.25) is 0 Å². The van der Waals surface area contributed by atoms with Gasteiger partial charge in [0.25, 0.3) is 5.17 Å². The molecule has 0 atom stereocenters. The highest BCUT2D eigenvalue weighted by Gasteiger charge is 2.17. The van der Waals surface area contributed by atoms with Crippen molar-refractivity contribution in [1.82, 2.24) is 4.90 Å². The first-order valence-electron chi connectivity index (χ1n) is 4.32. The van der Waals surface area contributed by atoms with Crippen LogP contribution in [0.3, 0.4) is 0 Å². The van der Waals surface area contributed by atoms with E-state index in [-0.39, 0.29) is 0 Å². The molecule has 0 unspecified atom stereocenters. The third kappa shape index (κ3) is 1.98. The zero-order chi connectivity index (χ0) is 9.10. The van der Waals surface area contributed by atoms with Crippen LogP contribution in [0.1, 0.15) is 5.56 Å². The highest BCUT2D eigenvalue weighted by molar-refractivity contribution is 7.80. The Bertz CT molecular complexity index is 299. The molecular weight excluding hydrogens is 182 g/mol. The van der Waals surface area contributed by atoms with Gasteiger partial charge in [-0.2, -0.15) is 0 Å². The molecule has 3 heteroatoms. The Morgan fingerprint density at radius 3 is 2.69 bits per heavy atom. The van der Waals surface area contributed by atoms with Gasteiger partial charge in [0.05, 0.1) is 6.54 Å². The summed E-state index contributed by atoms with van der Waals surface area (Å²) < 4.78 is 5.20. The molecule has 1 fully saturated rings. The Hall–Kier alpha value is -1.09. The second-order valence-electron chi connectivity index (χ2n) is 3.02. The smallest absolute Gasteiger partial charge is 0.259 e. The molecule has 1 aliphatic rings. The van der Waals surface area contributed by atoms with Crippen molar-refractivity contribution in [3.8, 4) is 0 Å². The summed E-state index contributed by atoms with van der Waals surface area (Å²) >= 11 is 5.04. The van der Waals surface area contributed by atoms with E-state index in [9.17, 15) is 0 Å². The summed E-state index contributed by atoms with van der Waals surface area (Å²) in [5.41, 5.74) is 1.27. The fourth-order valence-corrected chi connectivity index (χ4v) is 1.61. The van der Waals surface area contributed by atoms with Crippen LogP contribution in [0.25, 0.3) is 0 Å². The van der Waals surface area contributed by atoms with Crippen molar-refractivity contribution in [3.05, 3.63) is 35.9 Å². The number of hydrogen-bond acceptors (Lipinski definition) is 2. The zero-order valence-corrected chi connectivity index (χ0v) is 8.09. The molecule has 0 N–H and O–H groups in total. The lowest BCUT2D eigenvalue weighted by Gasteiger charge is -2.14. The van der Waals surface area contributed by atoms with Crippen molar-refractivity contribution in [2.75, 3.05) is 13.2 Å². The van der Waals surface area contributed by atoms with Crippen LogP contribution in [0, 0.1) is 0 Å². The maximum absolute atomic E-state index is 5.20. The third-order valence-corrected chi connectivity index (χ3v) is 2.44. The van der Waals surface area contributed by atoms with Crippen LogP contribution in [0.15, 0.2) is 30.3 Å². The summed E-state index contributed by atoms with van der Waals surface area (Å²) in [6.45, 7) is 2.50. The Labute approximate surface area is 83.1 Å². The molecule has 0 aliphatic carbocycles. The van der Waals surface area contributed by atoms with E-state index >= 15 is 0 Å². The van der Waals surface area contributed by atoms with Crippen LogP contribution in [0.5, 0.6) is 0 Å². The number of thiocarbonyl (C=S) groups is 1. The number of ether oxygens (including phenoxy) is 1. The van der Waals surface area contributed by atoms with Gasteiger partial charge in [-0.15, -0.1) is 0 Å². The fourth-order valence-electron chi connectivity index (χ4n) is 1.37. The van der Waals surface area contributed by atoms with Gasteiger partial charge in [0.2, 0.25) is 0 Å². The fraction of sp³-hybridized carbons (Fsp3) is 0.300. The molecule has 68 valence electrons. The Morgan fingerprint density at radius 2 is 2.08 bits per heavy atom. The topological polar surface area (TPSA) is 12.5 Å². The van der Waals surface area contributed by atoms with Gasteiger partial charge in [0.15, 0.2) is 0 Å². The van der Waals surface area contributed by atoms with Gasteiger partial charge in [-0.25, -0.2) is 0 Å². The van der Waals surface area contributed by atoms with Gasteiger partial charge >= 0.3 is 0 Å². The maximum Gasteiger partial charge on any atom is 0.259 e. The molecule has 1 aromatic rings. The standard InChI is InChI=1S/C10H11NOS/c13-10-11(6-7-12-10)8-9-4-2-1-3-5-9/h1-5H,6-8H2. The minimum Gasteiger partial charge on any atom is -0.469 e. The van der Waals surface area contributed by atoms with Gasteiger partial charge in [-0.05, 0) is 17.8 Å². The highest BCUT2D eigenvalue weighted by atomic mass is 32.1. The molecule has 0 aromatic heterocycles. The molecule has 0 amide bonds. The number of hydrogen-bond donors (Lipinski definition) is 0. The number of benzene rings is 1. The molecular formula is C10H11NOS. The van der Waals surface area contributed by atoms with Crippen molar-refractivity contribution in [3.63, 3.8) is 0 Å². The average molecular weight is 193 g/mol. The predicted molar refractivity (Wildman–Crippen MR) is 55.4 cm³/mol. The average Bonchev–Trinajstić information content (AvgIpc) is 2.54. The lowest BCUT2D eigenvalue weighted by Crippen LogP contribution is -2.23. The molecule has 0 radical (unpaired) electrons. The molecule has 2 nitrogen and oxygen atoms in total. The predicted octanol–water partition coefficient (Wildman–Crippen LogP) is 1.80. The van der Waals surface area contributed by atoms with Gasteiger partial charge in [0, 0.05) is 6.54 Å². The second kappa shape index (κ2) is 3.75. The SMILES string of the molecule is S=C1OCCN1Cc1ccccc1. The van der Waals surface area contributed by atoms with Crippen molar-refractivity contribution in [1.29, 1.82) is 0 Å². The highest BCUT2D eigenvalue weighted by Crippen LogP contribution is 2.09. The van der Waals surface area contributed by atoms with Crippen molar-refractivity contribution >= 4 is 17.4 Å². The van der Waals surface area contributed by atoms with E-state index in [0.717, 1.165) is 19.7 Å². The summed E-state index contributed by atoms with van der Waals surface area (Å²) in [4.78, 5) is 2.07. The first kappa shape index (κ1) is 8.51. The molecule has 1 aliphatic heterocycles. The largest absolute Gasteiger partial charge is 0.469 e. The molecule has 1 heterocycles. The van der Waals surface area contributed by atoms with Gasteiger partial charge in [-0.3, -0.25) is 0 Å². The first-order chi connectivity index (χ1) is 6.36. The van der Waals surface area contributed by atoms with E-state index in [1.54, 1.807) is 0 Å². The van der Waals surface area contributed by atoms with Gasteiger partial charge < -0.3 is 9.64 Å². The molecule has 1 aromatic carbocycles. The number of rotatable bonds is 2. The van der Waals surface area contributed by atoms with Crippen molar-refractivity contribution < 1.29 is 4.74 Å². The minimum absolute atomic E-state index is 0.629. The van der Waals surface area contributed by atoms with Gasteiger partial charge in [-0.1, -0.05) is 30.3 Å². The quantitative estimate of drug-likeness (QED) is 0.665. The van der Waals surface area contributed by atoms with Crippen LogP contribution in [0.4, 0.5) is 0 Å². The zero-order valence-electron chi connectivity index (χ0n) is 7.27. The molecule has 13 heavy (non-hydrogen) atoms. The normalized spacial score (nSPS) is 16.0. The maximum atomic E-state index is 5.20. The second-order valence-corrected chi connectivity index (χ2v) is 3.37. The Kier molecular flexibility index (Phi) is 2.45. The Morgan fingerprint density at radius 1 is 1.31 bits per heavy atom. The summed E-state index contributed by atoms with van der Waals surface area (Å²) in [5.74, 6) is 0. The summed E-state index contributed by atoms with van der Waals surface area (Å²) in [5, 5.41) is 0.629. The van der Waals surface area contributed by atoms with Crippen molar-refractivity contribution in [2.24, 2.45) is 0 Å². The summed E-state index contributed by atoms with van der Waals surface area (Å²) in [6.07, 6.45) is 0. The van der Waals surface area contributed by atoms with Crippen LogP contribution in [-0.2, 0) is 11.3 Å². The molecule has 2 rings (SSSR count). The lowest BCUT2D eigenvalue weighted by molar-refractivity contribution is 0.360. The van der Waals surface area contributed by atoms with Gasteiger partial charge in [0.1, 0.15) is 6.61 Å². The van der Waals surface area contributed by atoms with E-state index < -0.39 is 0 Å². The van der Waals surface area contributed by atoms with Crippen molar-refractivity contribution in [2.45, 2.75) is 6.54 Å². The summed E-state index contributed by atoms with van der Waals surface area (Å²) in [6, 6.07) is 10.3. The first-order valence-corrected chi connectivity index (χ1v) is 4.73.